The first-order valence-electron chi connectivity index (χ1n) is 7.18. The molecule has 1 atom stereocenters. The van der Waals surface area contributed by atoms with Gasteiger partial charge in [-0.1, -0.05) is 66.9 Å². The van der Waals surface area contributed by atoms with E-state index in [0.717, 1.165) is 6.54 Å². The van der Waals surface area contributed by atoms with Gasteiger partial charge in [0, 0.05) is 12.1 Å². The molecular formula is C17H33N. The monoisotopic (exact) mass is 251 g/mol. The molecule has 1 nitrogen and oxygen atoms in total. The maximum Gasteiger partial charge on any atom is 0.0458 e. The maximum atomic E-state index is 3.92. The van der Waals surface area contributed by atoms with Crippen LogP contribution in [0.1, 0.15) is 48.5 Å². The minimum Gasteiger partial charge on any atom is -0.292 e. The van der Waals surface area contributed by atoms with Crippen molar-refractivity contribution in [2.24, 2.45) is 5.92 Å². The molecule has 0 spiro atoms. The van der Waals surface area contributed by atoms with Crippen molar-refractivity contribution in [1.29, 1.82) is 0 Å². The average molecular weight is 251 g/mol. The van der Waals surface area contributed by atoms with Crippen LogP contribution in [-0.2, 0) is 0 Å². The Kier molecular flexibility index (Phi) is 9.93. The fourth-order valence-electron chi connectivity index (χ4n) is 2.30. The summed E-state index contributed by atoms with van der Waals surface area (Å²) in [5.41, 5.74) is 2.77. The predicted molar refractivity (Wildman–Crippen MR) is 86.0 cm³/mol. The van der Waals surface area contributed by atoms with Crippen molar-refractivity contribution in [3.63, 3.8) is 0 Å². The summed E-state index contributed by atoms with van der Waals surface area (Å²) >= 11 is 0. The molecule has 0 radical (unpaired) electrons. The van der Waals surface area contributed by atoms with Gasteiger partial charge in [-0.05, 0) is 31.0 Å². The second-order valence-corrected chi connectivity index (χ2v) is 4.51. The summed E-state index contributed by atoms with van der Waals surface area (Å²) in [6.07, 6.45) is 3.95. The lowest BCUT2D eigenvalue weighted by molar-refractivity contribution is 0.159. The molecule has 1 rings (SSSR count). The SMILES string of the molecule is C=CC1=C(C=C)C(C)(C(C)C)N(C)C1.CC.CC. The van der Waals surface area contributed by atoms with E-state index in [2.05, 4.69) is 45.9 Å². The predicted octanol–water partition coefficient (Wildman–Crippen LogP) is 5.07. The fraction of sp³-hybridized carbons (Fsp3) is 0.647. The van der Waals surface area contributed by atoms with Crippen LogP contribution in [0.3, 0.4) is 0 Å². The molecule has 0 aromatic rings. The van der Waals surface area contributed by atoms with E-state index in [1.54, 1.807) is 0 Å². The van der Waals surface area contributed by atoms with E-state index in [-0.39, 0.29) is 5.54 Å². The first-order chi connectivity index (χ1) is 8.48. The van der Waals surface area contributed by atoms with Gasteiger partial charge in [0.05, 0.1) is 0 Å². The highest BCUT2D eigenvalue weighted by molar-refractivity contribution is 5.45. The Morgan fingerprint density at radius 3 is 1.83 bits per heavy atom. The van der Waals surface area contributed by atoms with Crippen molar-refractivity contribution in [2.45, 2.75) is 54.0 Å². The molecule has 106 valence electrons. The van der Waals surface area contributed by atoms with Gasteiger partial charge in [-0.2, -0.15) is 0 Å². The van der Waals surface area contributed by atoms with E-state index in [0.29, 0.717) is 5.92 Å². The molecule has 0 aliphatic carbocycles. The molecule has 0 bridgehead atoms. The largest absolute Gasteiger partial charge is 0.292 e. The molecule has 0 fully saturated rings. The zero-order valence-corrected chi connectivity index (χ0v) is 13.8. The molecule has 1 heterocycles. The molecule has 1 aliphatic heterocycles. The van der Waals surface area contributed by atoms with Gasteiger partial charge in [0.1, 0.15) is 0 Å². The van der Waals surface area contributed by atoms with Crippen LogP contribution in [0.15, 0.2) is 36.5 Å². The molecule has 1 unspecified atom stereocenters. The third kappa shape index (κ3) is 3.58. The first kappa shape index (κ1) is 19.5. The van der Waals surface area contributed by atoms with E-state index >= 15 is 0 Å². The number of hydrogen-bond donors (Lipinski definition) is 0. The normalized spacial score (nSPS) is 22.9. The minimum atomic E-state index is 0.116. The highest BCUT2D eigenvalue weighted by Crippen LogP contribution is 2.39. The summed E-state index contributed by atoms with van der Waals surface area (Å²) in [5, 5.41) is 0. The third-order valence-electron chi connectivity index (χ3n) is 3.67. The summed E-state index contributed by atoms with van der Waals surface area (Å²) in [6, 6.07) is 0. The topological polar surface area (TPSA) is 3.24 Å². The third-order valence-corrected chi connectivity index (χ3v) is 3.67. The van der Waals surface area contributed by atoms with Gasteiger partial charge in [0.25, 0.3) is 0 Å². The zero-order chi connectivity index (χ0) is 14.9. The van der Waals surface area contributed by atoms with Crippen molar-refractivity contribution in [2.75, 3.05) is 13.6 Å². The quantitative estimate of drug-likeness (QED) is 0.677. The van der Waals surface area contributed by atoms with Gasteiger partial charge >= 0.3 is 0 Å². The second-order valence-electron chi connectivity index (χ2n) is 4.51. The number of hydrogen-bond acceptors (Lipinski definition) is 1. The van der Waals surface area contributed by atoms with E-state index in [4.69, 9.17) is 0 Å². The molecule has 0 amide bonds. The average Bonchev–Trinajstić information content (AvgIpc) is 2.67. The van der Waals surface area contributed by atoms with Crippen LogP contribution in [0.4, 0.5) is 0 Å². The van der Waals surface area contributed by atoms with Crippen LogP contribution in [0.25, 0.3) is 0 Å². The van der Waals surface area contributed by atoms with Crippen LogP contribution in [0.2, 0.25) is 0 Å². The minimum absolute atomic E-state index is 0.116. The van der Waals surface area contributed by atoms with E-state index in [9.17, 15) is 0 Å². The van der Waals surface area contributed by atoms with Crippen LogP contribution in [0, 0.1) is 5.92 Å². The lowest BCUT2D eigenvalue weighted by Gasteiger charge is -2.38. The van der Waals surface area contributed by atoms with Crippen molar-refractivity contribution < 1.29 is 0 Å². The highest BCUT2D eigenvalue weighted by atomic mass is 15.2. The Hall–Kier alpha value is -0.820. The van der Waals surface area contributed by atoms with Crippen molar-refractivity contribution >= 4 is 0 Å². The maximum absolute atomic E-state index is 3.92. The Bertz CT molecular complexity index is 286. The summed E-state index contributed by atoms with van der Waals surface area (Å²) in [4.78, 5) is 2.38. The van der Waals surface area contributed by atoms with Gasteiger partial charge in [-0.25, -0.2) is 0 Å². The van der Waals surface area contributed by atoms with Crippen molar-refractivity contribution in [3.8, 4) is 0 Å². The second kappa shape index (κ2) is 9.16. The Labute approximate surface area is 115 Å². The molecule has 1 aliphatic rings. The first-order valence-corrected chi connectivity index (χ1v) is 7.18. The molecule has 0 saturated heterocycles. The molecule has 0 saturated carbocycles. The molecule has 0 N–H and O–H groups in total. The summed E-state index contributed by atoms with van der Waals surface area (Å²) < 4.78 is 0. The standard InChI is InChI=1S/C13H21N.2C2H6/c1-7-11-9-14(6)13(5,10(3)4)12(11)8-2;2*1-2/h7-8,10H,1-2,9H2,3-6H3;2*1-2H3. The van der Waals surface area contributed by atoms with E-state index in [1.165, 1.54) is 11.1 Å². The van der Waals surface area contributed by atoms with Crippen molar-refractivity contribution in [3.05, 3.63) is 36.5 Å². The zero-order valence-electron chi connectivity index (χ0n) is 13.8. The van der Waals surface area contributed by atoms with Crippen LogP contribution in [-0.4, -0.2) is 24.0 Å². The molecule has 18 heavy (non-hydrogen) atoms. The number of likely N-dealkylation sites (N-methyl/N-ethyl adjacent to an activating group) is 1. The Morgan fingerprint density at radius 1 is 1.11 bits per heavy atom. The highest BCUT2D eigenvalue weighted by Gasteiger charge is 2.41. The number of nitrogens with zero attached hydrogens (tertiary/aromatic N) is 1. The lowest BCUT2D eigenvalue weighted by atomic mass is 9.81. The molecular weight excluding hydrogens is 218 g/mol. The van der Waals surface area contributed by atoms with Gasteiger partial charge < -0.3 is 0 Å². The molecule has 0 aromatic heterocycles. The Morgan fingerprint density at radius 2 is 1.56 bits per heavy atom. The lowest BCUT2D eigenvalue weighted by Crippen LogP contribution is -2.45. The fourth-order valence-corrected chi connectivity index (χ4v) is 2.30. The van der Waals surface area contributed by atoms with Crippen LogP contribution in [0.5, 0.6) is 0 Å². The smallest absolute Gasteiger partial charge is 0.0458 e. The molecule has 1 heteroatoms. The Balaban J connectivity index is 0. The van der Waals surface area contributed by atoms with Crippen molar-refractivity contribution in [1.82, 2.24) is 4.90 Å². The van der Waals surface area contributed by atoms with Gasteiger partial charge in [-0.15, -0.1) is 0 Å². The van der Waals surface area contributed by atoms with E-state index in [1.807, 2.05) is 39.8 Å². The van der Waals surface area contributed by atoms with E-state index < -0.39 is 0 Å². The summed E-state index contributed by atoms with van der Waals surface area (Å²) in [7, 11) is 2.17. The van der Waals surface area contributed by atoms with Gasteiger partial charge in [0.2, 0.25) is 0 Å². The van der Waals surface area contributed by atoms with Crippen LogP contribution < -0.4 is 0 Å². The molecule has 0 aromatic carbocycles. The summed E-state index contributed by atoms with van der Waals surface area (Å²) in [5.74, 6) is 0.581. The van der Waals surface area contributed by atoms with Crippen LogP contribution >= 0.6 is 0 Å². The van der Waals surface area contributed by atoms with Gasteiger partial charge in [-0.3, -0.25) is 4.90 Å². The van der Waals surface area contributed by atoms with Gasteiger partial charge in [0.15, 0.2) is 0 Å². The number of rotatable bonds is 3. The summed E-state index contributed by atoms with van der Waals surface area (Å²) in [6.45, 7) is 23.6.